The highest BCUT2D eigenvalue weighted by Crippen LogP contribution is 2.58. The van der Waals surface area contributed by atoms with Crippen LogP contribution in [0.3, 0.4) is 0 Å². The highest BCUT2D eigenvalue weighted by Gasteiger charge is 2.56. The fraction of sp³-hybridized carbons (Fsp3) is 0.833. The number of rotatable bonds is 9. The van der Waals surface area contributed by atoms with Crippen molar-refractivity contribution < 1.29 is 41.1 Å². The highest BCUT2D eigenvalue weighted by molar-refractivity contribution is 8.23. The summed E-state index contributed by atoms with van der Waals surface area (Å²) in [5.74, 6) is -3.53. The van der Waals surface area contributed by atoms with E-state index < -0.39 is 35.2 Å². The molecule has 0 spiro atoms. The predicted octanol–water partition coefficient (Wildman–Crippen LogP) is 4.13. The molecule has 0 amide bonds. The van der Waals surface area contributed by atoms with E-state index in [1.807, 2.05) is 0 Å². The third kappa shape index (κ3) is 7.69. The van der Waals surface area contributed by atoms with Crippen molar-refractivity contribution in [3.63, 3.8) is 0 Å². The molecule has 0 fully saturated rings. The molecule has 0 radical (unpaired) electrons. The second-order valence-corrected chi connectivity index (χ2v) is 8.16. The normalized spacial score (nSPS) is 14.8. The molecule has 142 valence electrons. The van der Waals surface area contributed by atoms with Gasteiger partial charge in [0.25, 0.3) is 5.85 Å². The van der Waals surface area contributed by atoms with E-state index in [2.05, 4.69) is 13.8 Å². The molecule has 0 aliphatic carbocycles. The fourth-order valence-electron chi connectivity index (χ4n) is 1.41. The van der Waals surface area contributed by atoms with E-state index in [9.17, 15) is 22.5 Å². The molecule has 0 saturated heterocycles. The molecule has 2 atom stereocenters. The Morgan fingerprint density at radius 2 is 1.67 bits per heavy atom. The van der Waals surface area contributed by atoms with Gasteiger partial charge in [-0.15, -0.1) is 0 Å². The zero-order chi connectivity index (χ0) is 19.0. The lowest BCUT2D eigenvalue weighted by Crippen LogP contribution is -2.35. The van der Waals surface area contributed by atoms with E-state index in [1.165, 1.54) is 20.8 Å². The van der Waals surface area contributed by atoms with Crippen molar-refractivity contribution in [2.45, 2.75) is 45.0 Å². The van der Waals surface area contributed by atoms with Crippen LogP contribution in [-0.2, 0) is 27.9 Å². The number of esters is 1. The second-order valence-electron chi connectivity index (χ2n) is 4.15. The van der Waals surface area contributed by atoms with Crippen molar-refractivity contribution in [1.82, 2.24) is 0 Å². The van der Waals surface area contributed by atoms with Gasteiger partial charge in [0.05, 0.1) is 19.8 Å². The molecule has 24 heavy (non-hydrogen) atoms. The van der Waals surface area contributed by atoms with E-state index in [-0.39, 0.29) is 19.8 Å². The van der Waals surface area contributed by atoms with Crippen LogP contribution in [0.5, 0.6) is 0 Å². The number of alkyl halides is 3. The molecular formula is C12H20F3O6PS2. The smallest absolute Gasteiger partial charge is 0.437 e. The number of hydrogen-bond acceptors (Lipinski definition) is 8. The Hall–Kier alpha value is -0.350. The van der Waals surface area contributed by atoms with Crippen molar-refractivity contribution in [1.29, 1.82) is 0 Å². The summed E-state index contributed by atoms with van der Waals surface area (Å²) >= 11 is 5.26. The summed E-state index contributed by atoms with van der Waals surface area (Å²) in [6, 6.07) is 0. The summed E-state index contributed by atoms with van der Waals surface area (Å²) in [5.41, 5.74) is 0. The van der Waals surface area contributed by atoms with Crippen molar-refractivity contribution in [2.75, 3.05) is 19.8 Å². The van der Waals surface area contributed by atoms with E-state index in [0.717, 1.165) is 0 Å². The van der Waals surface area contributed by atoms with Gasteiger partial charge in [-0.2, -0.15) is 13.2 Å². The SMILES string of the molecule is CCOC(=O)C(C)SC(=S)OC(C(F)(F)F)P(=O)(OCC)OCC. The molecule has 2 unspecified atom stereocenters. The maximum atomic E-state index is 13.2. The van der Waals surface area contributed by atoms with E-state index in [4.69, 9.17) is 17.0 Å². The first-order valence-corrected chi connectivity index (χ1v) is 9.91. The van der Waals surface area contributed by atoms with Crippen LogP contribution >= 0.6 is 31.6 Å². The van der Waals surface area contributed by atoms with Gasteiger partial charge in [-0.25, -0.2) is 0 Å². The van der Waals surface area contributed by atoms with Crippen LogP contribution in [0.15, 0.2) is 0 Å². The summed E-state index contributed by atoms with van der Waals surface area (Å²) in [7, 11) is -4.65. The second kappa shape index (κ2) is 10.6. The summed E-state index contributed by atoms with van der Waals surface area (Å²) in [6.45, 7) is 5.30. The van der Waals surface area contributed by atoms with E-state index >= 15 is 0 Å². The summed E-state index contributed by atoms with van der Waals surface area (Å²) < 4.78 is 70.1. The lowest BCUT2D eigenvalue weighted by atomic mass is 10.5. The zero-order valence-corrected chi connectivity index (χ0v) is 16.2. The molecule has 0 heterocycles. The van der Waals surface area contributed by atoms with Crippen LogP contribution in [0.2, 0.25) is 0 Å². The largest absolute Gasteiger partial charge is 0.465 e. The number of ether oxygens (including phenoxy) is 2. The molecule has 0 bridgehead atoms. The van der Waals surface area contributed by atoms with E-state index in [0.29, 0.717) is 11.8 Å². The Kier molecular flexibility index (Phi) is 10.4. The van der Waals surface area contributed by atoms with Crippen molar-refractivity contribution in [3.8, 4) is 0 Å². The van der Waals surface area contributed by atoms with Gasteiger partial charge >= 0.3 is 19.7 Å². The van der Waals surface area contributed by atoms with Crippen LogP contribution in [0, 0.1) is 0 Å². The van der Waals surface area contributed by atoms with Crippen LogP contribution < -0.4 is 0 Å². The minimum absolute atomic E-state index is 0.117. The van der Waals surface area contributed by atoms with Gasteiger partial charge in [0.1, 0.15) is 5.25 Å². The Balaban J connectivity index is 5.19. The van der Waals surface area contributed by atoms with Crippen LogP contribution in [-0.4, -0.2) is 47.4 Å². The Labute approximate surface area is 148 Å². The maximum Gasteiger partial charge on any atom is 0.437 e. The van der Waals surface area contributed by atoms with Crippen LogP contribution in [0.4, 0.5) is 13.2 Å². The number of thiocarbonyl (C=S) groups is 1. The Morgan fingerprint density at radius 3 is 2.04 bits per heavy atom. The number of thioether (sulfide) groups is 1. The topological polar surface area (TPSA) is 71.1 Å². The molecule has 12 heteroatoms. The van der Waals surface area contributed by atoms with Gasteiger partial charge in [-0.05, 0) is 39.9 Å². The first kappa shape index (κ1) is 23.6. The number of hydrogen-bond donors (Lipinski definition) is 0. The third-order valence-corrected chi connectivity index (χ3v) is 5.71. The van der Waals surface area contributed by atoms with Gasteiger partial charge in [-0.3, -0.25) is 9.36 Å². The first-order valence-electron chi connectivity index (χ1n) is 7.01. The van der Waals surface area contributed by atoms with Crippen LogP contribution in [0.1, 0.15) is 27.7 Å². The monoisotopic (exact) mass is 412 g/mol. The molecule has 0 aliphatic rings. The maximum absolute atomic E-state index is 13.2. The van der Waals surface area contributed by atoms with Crippen molar-refractivity contribution in [2.24, 2.45) is 0 Å². The highest BCUT2D eigenvalue weighted by atomic mass is 32.2. The summed E-state index contributed by atoms with van der Waals surface area (Å²) in [5, 5.41) is -0.884. The Morgan fingerprint density at radius 1 is 1.17 bits per heavy atom. The molecule has 6 nitrogen and oxygen atoms in total. The predicted molar refractivity (Wildman–Crippen MR) is 88.1 cm³/mol. The van der Waals surface area contributed by atoms with Gasteiger partial charge < -0.3 is 18.5 Å². The van der Waals surface area contributed by atoms with Crippen molar-refractivity contribution >= 4 is 41.9 Å². The third-order valence-electron chi connectivity index (χ3n) is 2.28. The Bertz CT molecular complexity index is 464. The zero-order valence-electron chi connectivity index (χ0n) is 13.6. The molecule has 0 saturated carbocycles. The molecular weight excluding hydrogens is 392 g/mol. The lowest BCUT2D eigenvalue weighted by molar-refractivity contribution is -0.177. The lowest BCUT2D eigenvalue weighted by Gasteiger charge is -2.28. The molecule has 0 aromatic heterocycles. The summed E-state index contributed by atoms with van der Waals surface area (Å²) in [6.07, 6.45) is -5.04. The van der Waals surface area contributed by atoms with Gasteiger partial charge in [0, 0.05) is 0 Å². The molecule has 0 aromatic rings. The number of carbonyl (C=O) groups is 1. The van der Waals surface area contributed by atoms with E-state index in [1.54, 1.807) is 6.92 Å². The molecule has 0 aliphatic heterocycles. The van der Waals surface area contributed by atoms with Crippen LogP contribution in [0.25, 0.3) is 0 Å². The van der Waals surface area contributed by atoms with Gasteiger partial charge in [0.2, 0.25) is 4.38 Å². The quantitative estimate of drug-likeness (QED) is 0.318. The number of halogens is 3. The molecule has 0 rings (SSSR count). The van der Waals surface area contributed by atoms with Gasteiger partial charge in [-0.1, -0.05) is 11.8 Å². The fourth-order valence-corrected chi connectivity index (χ4v) is 4.35. The average molecular weight is 412 g/mol. The van der Waals surface area contributed by atoms with Gasteiger partial charge in [0.15, 0.2) is 0 Å². The molecule has 0 aromatic carbocycles. The number of carbonyl (C=O) groups excluding carboxylic acids is 1. The van der Waals surface area contributed by atoms with Crippen molar-refractivity contribution in [3.05, 3.63) is 0 Å². The minimum atomic E-state index is -5.04. The molecule has 0 N–H and O–H groups in total. The first-order chi connectivity index (χ1) is 11.0. The summed E-state index contributed by atoms with van der Waals surface area (Å²) in [4.78, 5) is 11.5. The standard InChI is InChI=1S/C12H20F3O6PS2/c1-5-18-9(16)8(4)24-11(23)21-10(12(13,14)15)22(17,19-6-2)20-7-3/h8,10H,5-7H2,1-4H3. The average Bonchev–Trinajstić information content (AvgIpc) is 2.44. The minimum Gasteiger partial charge on any atom is -0.465 e.